The van der Waals surface area contributed by atoms with Gasteiger partial charge in [-0.05, 0) is 68.8 Å². The molecule has 2 aromatic carbocycles. The summed E-state index contributed by atoms with van der Waals surface area (Å²) in [6.45, 7) is 5.68. The van der Waals surface area contributed by atoms with E-state index in [2.05, 4.69) is 50.2 Å². The van der Waals surface area contributed by atoms with E-state index in [1.807, 2.05) is 12.1 Å². The average molecular weight is 297 g/mol. The maximum absolute atomic E-state index is 5.93. The molecular weight excluding hydrogens is 270 g/mol. The normalized spacial score (nSPS) is 12.1. The SMILES string of the molecule is Cc1ccc(C(CN)CCCCOc2cccc(C)c2)cc1. The van der Waals surface area contributed by atoms with E-state index in [0.29, 0.717) is 12.5 Å². The summed E-state index contributed by atoms with van der Waals surface area (Å²) in [7, 11) is 0. The van der Waals surface area contributed by atoms with Gasteiger partial charge in [0.1, 0.15) is 5.75 Å². The van der Waals surface area contributed by atoms with Crippen molar-refractivity contribution in [1.82, 2.24) is 0 Å². The van der Waals surface area contributed by atoms with Gasteiger partial charge >= 0.3 is 0 Å². The molecule has 0 spiro atoms. The van der Waals surface area contributed by atoms with Crippen LogP contribution in [0.5, 0.6) is 5.75 Å². The molecule has 22 heavy (non-hydrogen) atoms. The molecule has 2 aromatic rings. The fourth-order valence-corrected chi connectivity index (χ4v) is 2.65. The van der Waals surface area contributed by atoms with Crippen LogP contribution in [0.4, 0.5) is 0 Å². The summed E-state index contributed by atoms with van der Waals surface area (Å²) in [6, 6.07) is 17.0. The van der Waals surface area contributed by atoms with Crippen molar-refractivity contribution in [2.75, 3.05) is 13.2 Å². The van der Waals surface area contributed by atoms with Crippen molar-refractivity contribution < 1.29 is 4.74 Å². The Labute approximate surface area is 134 Å². The molecule has 1 unspecified atom stereocenters. The lowest BCUT2D eigenvalue weighted by Gasteiger charge is -2.15. The van der Waals surface area contributed by atoms with E-state index >= 15 is 0 Å². The second-order valence-electron chi connectivity index (χ2n) is 6.00. The van der Waals surface area contributed by atoms with Crippen molar-refractivity contribution in [2.24, 2.45) is 5.73 Å². The summed E-state index contributed by atoms with van der Waals surface area (Å²) in [5, 5.41) is 0. The number of rotatable bonds is 8. The molecule has 0 radical (unpaired) electrons. The van der Waals surface area contributed by atoms with Gasteiger partial charge in [0.15, 0.2) is 0 Å². The second kappa shape index (κ2) is 8.60. The van der Waals surface area contributed by atoms with Gasteiger partial charge < -0.3 is 10.5 Å². The molecule has 0 amide bonds. The first-order valence-electron chi connectivity index (χ1n) is 8.15. The predicted molar refractivity (Wildman–Crippen MR) is 93.5 cm³/mol. The molecule has 0 aliphatic carbocycles. The first kappa shape index (κ1) is 16.6. The molecular formula is C20H27NO. The Kier molecular flexibility index (Phi) is 6.47. The Morgan fingerprint density at radius 1 is 0.955 bits per heavy atom. The van der Waals surface area contributed by atoms with E-state index in [4.69, 9.17) is 10.5 Å². The van der Waals surface area contributed by atoms with E-state index < -0.39 is 0 Å². The minimum absolute atomic E-state index is 0.458. The molecule has 0 saturated heterocycles. The molecule has 0 bridgehead atoms. The van der Waals surface area contributed by atoms with Gasteiger partial charge in [-0.1, -0.05) is 42.0 Å². The highest BCUT2D eigenvalue weighted by molar-refractivity contribution is 5.27. The lowest BCUT2D eigenvalue weighted by atomic mass is 9.93. The number of benzene rings is 2. The highest BCUT2D eigenvalue weighted by atomic mass is 16.5. The lowest BCUT2D eigenvalue weighted by Crippen LogP contribution is -2.13. The summed E-state index contributed by atoms with van der Waals surface area (Å²) in [6.07, 6.45) is 3.33. The monoisotopic (exact) mass is 297 g/mol. The number of hydrogen-bond acceptors (Lipinski definition) is 2. The Balaban J connectivity index is 1.71. The third-order valence-corrected chi connectivity index (χ3v) is 4.04. The molecule has 2 heteroatoms. The predicted octanol–water partition coefficient (Wildman–Crippen LogP) is 4.60. The highest BCUT2D eigenvalue weighted by Gasteiger charge is 2.09. The standard InChI is InChI=1S/C20H27NO/c1-16-9-11-18(12-10-16)19(15-21)7-3-4-13-22-20-8-5-6-17(2)14-20/h5-6,8-12,14,19H,3-4,7,13,15,21H2,1-2H3. The van der Waals surface area contributed by atoms with Crippen LogP contribution in [-0.4, -0.2) is 13.2 Å². The largest absolute Gasteiger partial charge is 0.494 e. The van der Waals surface area contributed by atoms with Crippen molar-refractivity contribution in [3.63, 3.8) is 0 Å². The van der Waals surface area contributed by atoms with Crippen LogP contribution in [0.3, 0.4) is 0 Å². The van der Waals surface area contributed by atoms with Gasteiger partial charge in [-0.3, -0.25) is 0 Å². The highest BCUT2D eigenvalue weighted by Crippen LogP contribution is 2.21. The van der Waals surface area contributed by atoms with Crippen LogP contribution in [0.15, 0.2) is 48.5 Å². The van der Waals surface area contributed by atoms with E-state index in [0.717, 1.165) is 31.6 Å². The molecule has 1 atom stereocenters. The van der Waals surface area contributed by atoms with Crippen LogP contribution in [-0.2, 0) is 0 Å². The molecule has 2 nitrogen and oxygen atoms in total. The van der Waals surface area contributed by atoms with Gasteiger partial charge in [0, 0.05) is 0 Å². The zero-order valence-corrected chi connectivity index (χ0v) is 13.7. The Bertz CT molecular complexity index is 562. The van der Waals surface area contributed by atoms with Crippen LogP contribution in [0, 0.1) is 13.8 Å². The average Bonchev–Trinajstić information content (AvgIpc) is 2.52. The number of nitrogens with two attached hydrogens (primary N) is 1. The molecule has 0 saturated carbocycles. The summed E-state index contributed by atoms with van der Waals surface area (Å²) < 4.78 is 5.79. The van der Waals surface area contributed by atoms with Gasteiger partial charge in [0.25, 0.3) is 0 Å². The van der Waals surface area contributed by atoms with Gasteiger partial charge in [-0.15, -0.1) is 0 Å². The van der Waals surface area contributed by atoms with Crippen molar-refractivity contribution in [1.29, 1.82) is 0 Å². The van der Waals surface area contributed by atoms with E-state index in [1.54, 1.807) is 0 Å². The van der Waals surface area contributed by atoms with Crippen molar-refractivity contribution >= 4 is 0 Å². The smallest absolute Gasteiger partial charge is 0.119 e. The number of ether oxygens (including phenoxy) is 1. The summed E-state index contributed by atoms with van der Waals surface area (Å²) in [4.78, 5) is 0. The van der Waals surface area contributed by atoms with E-state index in [9.17, 15) is 0 Å². The fourth-order valence-electron chi connectivity index (χ4n) is 2.65. The van der Waals surface area contributed by atoms with Gasteiger partial charge in [0.05, 0.1) is 6.61 Å². The van der Waals surface area contributed by atoms with Crippen molar-refractivity contribution in [3.05, 3.63) is 65.2 Å². The van der Waals surface area contributed by atoms with Crippen LogP contribution >= 0.6 is 0 Å². The zero-order chi connectivity index (χ0) is 15.8. The quantitative estimate of drug-likeness (QED) is 0.723. The maximum Gasteiger partial charge on any atom is 0.119 e. The maximum atomic E-state index is 5.93. The second-order valence-corrected chi connectivity index (χ2v) is 6.00. The van der Waals surface area contributed by atoms with Crippen LogP contribution < -0.4 is 10.5 Å². The van der Waals surface area contributed by atoms with Crippen LogP contribution in [0.25, 0.3) is 0 Å². The minimum atomic E-state index is 0.458. The third kappa shape index (κ3) is 5.19. The van der Waals surface area contributed by atoms with Gasteiger partial charge in [-0.2, -0.15) is 0 Å². The topological polar surface area (TPSA) is 35.2 Å². The van der Waals surface area contributed by atoms with E-state index in [1.165, 1.54) is 16.7 Å². The molecule has 0 aromatic heterocycles. The fraction of sp³-hybridized carbons (Fsp3) is 0.400. The first-order valence-corrected chi connectivity index (χ1v) is 8.15. The summed E-state index contributed by atoms with van der Waals surface area (Å²) in [5.41, 5.74) is 9.82. The Morgan fingerprint density at radius 2 is 1.73 bits per heavy atom. The number of hydrogen-bond donors (Lipinski definition) is 1. The molecule has 2 N–H and O–H groups in total. The molecule has 0 aliphatic heterocycles. The number of aryl methyl sites for hydroxylation is 2. The van der Waals surface area contributed by atoms with Crippen LogP contribution in [0.1, 0.15) is 41.9 Å². The van der Waals surface area contributed by atoms with Crippen LogP contribution in [0.2, 0.25) is 0 Å². The molecule has 2 rings (SSSR count). The van der Waals surface area contributed by atoms with Gasteiger partial charge in [-0.25, -0.2) is 0 Å². The first-order chi connectivity index (χ1) is 10.7. The minimum Gasteiger partial charge on any atom is -0.494 e. The Hall–Kier alpha value is -1.80. The summed E-state index contributed by atoms with van der Waals surface area (Å²) in [5.74, 6) is 1.42. The van der Waals surface area contributed by atoms with E-state index in [-0.39, 0.29) is 0 Å². The summed E-state index contributed by atoms with van der Waals surface area (Å²) >= 11 is 0. The van der Waals surface area contributed by atoms with Crippen molar-refractivity contribution in [3.8, 4) is 5.75 Å². The number of unbranched alkanes of at least 4 members (excludes halogenated alkanes) is 1. The van der Waals surface area contributed by atoms with Gasteiger partial charge in [0.2, 0.25) is 0 Å². The molecule has 118 valence electrons. The lowest BCUT2D eigenvalue weighted by molar-refractivity contribution is 0.303. The molecule has 0 fully saturated rings. The van der Waals surface area contributed by atoms with Crippen molar-refractivity contribution in [2.45, 2.75) is 39.0 Å². The molecule has 0 aliphatic rings. The zero-order valence-electron chi connectivity index (χ0n) is 13.7. The third-order valence-electron chi connectivity index (χ3n) is 4.04. The Morgan fingerprint density at radius 3 is 2.41 bits per heavy atom. The molecule has 0 heterocycles.